The van der Waals surface area contributed by atoms with Crippen LogP contribution in [0.4, 0.5) is 0 Å². The summed E-state index contributed by atoms with van der Waals surface area (Å²) in [7, 11) is 0. The maximum absolute atomic E-state index is 2.34. The van der Waals surface area contributed by atoms with Crippen LogP contribution in [0.1, 0.15) is 47.9 Å². The van der Waals surface area contributed by atoms with Crippen molar-refractivity contribution in [3.63, 3.8) is 0 Å². The van der Waals surface area contributed by atoms with Crippen LogP contribution in [0, 0.1) is 0 Å². The Kier molecular flexibility index (Phi) is 4.92. The van der Waals surface area contributed by atoms with Crippen molar-refractivity contribution in [1.29, 1.82) is 0 Å². The molecule has 3 aromatic rings. The van der Waals surface area contributed by atoms with E-state index in [4.69, 9.17) is 0 Å². The van der Waals surface area contributed by atoms with Gasteiger partial charge in [0, 0.05) is 5.92 Å². The van der Waals surface area contributed by atoms with Crippen molar-refractivity contribution >= 4 is 0 Å². The fourth-order valence-corrected chi connectivity index (χ4v) is 3.35. The molecule has 0 fully saturated rings. The molecule has 3 rings (SSSR count). The van der Waals surface area contributed by atoms with Gasteiger partial charge in [-0.2, -0.15) is 0 Å². The third-order valence-electron chi connectivity index (χ3n) is 4.68. The molecule has 0 saturated heterocycles. The second-order valence-corrected chi connectivity index (χ2v) is 6.35. The molecule has 0 bridgehead atoms. The average molecular weight is 300 g/mol. The highest BCUT2D eigenvalue weighted by molar-refractivity contribution is 5.39. The van der Waals surface area contributed by atoms with E-state index < -0.39 is 0 Å². The molecule has 0 amide bonds. The summed E-state index contributed by atoms with van der Waals surface area (Å²) in [5, 5.41) is 0. The minimum absolute atomic E-state index is 0.422. The Labute approximate surface area is 139 Å². The molecular weight excluding hydrogens is 276 g/mol. The Bertz CT molecular complexity index is 728. The summed E-state index contributed by atoms with van der Waals surface area (Å²) in [6, 6.07) is 30.5. The standard InChI is InChI=1S/C23H24/c1-18(17-20-11-5-3-6-12-20)22-15-9-10-16-23(22)19(2)21-13-7-4-8-14-21/h3-16,18-19H,17H2,1-2H3. The van der Waals surface area contributed by atoms with Crippen molar-refractivity contribution in [1.82, 2.24) is 0 Å². The quantitative estimate of drug-likeness (QED) is 0.527. The SMILES string of the molecule is CC(Cc1ccccc1)c1ccccc1C(C)c1ccccc1. The zero-order valence-corrected chi connectivity index (χ0v) is 13.9. The number of rotatable bonds is 5. The van der Waals surface area contributed by atoms with Gasteiger partial charge in [-0.05, 0) is 34.6 Å². The van der Waals surface area contributed by atoms with Gasteiger partial charge in [-0.3, -0.25) is 0 Å². The Morgan fingerprint density at radius 3 is 1.78 bits per heavy atom. The van der Waals surface area contributed by atoms with E-state index in [1.54, 1.807) is 0 Å². The monoisotopic (exact) mass is 300 g/mol. The molecule has 3 aromatic carbocycles. The van der Waals surface area contributed by atoms with Crippen LogP contribution in [-0.4, -0.2) is 0 Å². The first-order valence-electron chi connectivity index (χ1n) is 8.43. The fourth-order valence-electron chi connectivity index (χ4n) is 3.35. The van der Waals surface area contributed by atoms with Crippen LogP contribution in [0.25, 0.3) is 0 Å². The summed E-state index contributed by atoms with van der Waals surface area (Å²) < 4.78 is 0. The molecule has 2 unspecified atom stereocenters. The van der Waals surface area contributed by atoms with Gasteiger partial charge in [0.15, 0.2) is 0 Å². The minimum atomic E-state index is 0.422. The smallest absolute Gasteiger partial charge is 0.00638 e. The summed E-state index contributed by atoms with van der Waals surface area (Å²) in [5.41, 5.74) is 5.70. The van der Waals surface area contributed by atoms with E-state index in [9.17, 15) is 0 Å². The van der Waals surface area contributed by atoms with Gasteiger partial charge in [-0.15, -0.1) is 0 Å². The maximum atomic E-state index is 2.34. The van der Waals surface area contributed by atoms with E-state index in [2.05, 4.69) is 98.8 Å². The zero-order chi connectivity index (χ0) is 16.1. The van der Waals surface area contributed by atoms with E-state index in [-0.39, 0.29) is 0 Å². The lowest BCUT2D eigenvalue weighted by atomic mass is 9.83. The van der Waals surface area contributed by atoms with E-state index in [1.165, 1.54) is 22.3 Å². The van der Waals surface area contributed by atoms with E-state index in [1.807, 2.05) is 0 Å². The molecule has 0 aliphatic carbocycles. The molecule has 0 N–H and O–H groups in total. The van der Waals surface area contributed by atoms with Crippen LogP contribution in [0.2, 0.25) is 0 Å². The van der Waals surface area contributed by atoms with Gasteiger partial charge in [-0.25, -0.2) is 0 Å². The van der Waals surface area contributed by atoms with Crippen molar-refractivity contribution in [3.8, 4) is 0 Å². The van der Waals surface area contributed by atoms with Gasteiger partial charge in [0.25, 0.3) is 0 Å². The molecule has 0 aromatic heterocycles. The molecule has 2 atom stereocenters. The highest BCUT2D eigenvalue weighted by Crippen LogP contribution is 2.32. The molecule has 23 heavy (non-hydrogen) atoms. The number of hydrogen-bond donors (Lipinski definition) is 0. The molecule has 0 saturated carbocycles. The maximum Gasteiger partial charge on any atom is 0.00638 e. The molecule has 0 aliphatic rings. The Balaban J connectivity index is 1.88. The zero-order valence-electron chi connectivity index (χ0n) is 13.9. The minimum Gasteiger partial charge on any atom is -0.0622 e. The second kappa shape index (κ2) is 7.28. The van der Waals surface area contributed by atoms with Crippen molar-refractivity contribution in [2.24, 2.45) is 0 Å². The lowest BCUT2D eigenvalue weighted by molar-refractivity contribution is 0.735. The lowest BCUT2D eigenvalue weighted by Gasteiger charge is -2.21. The lowest BCUT2D eigenvalue weighted by Crippen LogP contribution is -2.06. The summed E-state index contributed by atoms with van der Waals surface area (Å²) in [5.74, 6) is 0.936. The Morgan fingerprint density at radius 2 is 1.13 bits per heavy atom. The number of hydrogen-bond acceptors (Lipinski definition) is 0. The largest absolute Gasteiger partial charge is 0.0622 e. The first-order chi connectivity index (χ1) is 11.3. The fraction of sp³-hybridized carbons (Fsp3) is 0.217. The van der Waals surface area contributed by atoms with Crippen molar-refractivity contribution < 1.29 is 0 Å². The van der Waals surface area contributed by atoms with E-state index in [0.717, 1.165) is 6.42 Å². The summed E-state index contributed by atoms with van der Waals surface area (Å²) in [6.45, 7) is 4.65. The first kappa shape index (κ1) is 15.6. The summed E-state index contributed by atoms with van der Waals surface area (Å²) in [6.07, 6.45) is 1.08. The van der Waals surface area contributed by atoms with Gasteiger partial charge in [-0.1, -0.05) is 98.8 Å². The predicted molar refractivity (Wildman–Crippen MR) is 99.0 cm³/mol. The highest BCUT2D eigenvalue weighted by atomic mass is 14.2. The predicted octanol–water partition coefficient (Wildman–Crippen LogP) is 6.18. The van der Waals surface area contributed by atoms with Gasteiger partial charge in [0.2, 0.25) is 0 Å². The van der Waals surface area contributed by atoms with E-state index in [0.29, 0.717) is 11.8 Å². The van der Waals surface area contributed by atoms with Gasteiger partial charge in [0.1, 0.15) is 0 Å². The summed E-state index contributed by atoms with van der Waals surface area (Å²) >= 11 is 0. The van der Waals surface area contributed by atoms with Crippen LogP contribution in [-0.2, 0) is 6.42 Å². The number of benzene rings is 3. The second-order valence-electron chi connectivity index (χ2n) is 6.35. The van der Waals surface area contributed by atoms with Gasteiger partial charge >= 0.3 is 0 Å². The van der Waals surface area contributed by atoms with Crippen LogP contribution in [0.3, 0.4) is 0 Å². The van der Waals surface area contributed by atoms with Gasteiger partial charge in [0.05, 0.1) is 0 Å². The third-order valence-corrected chi connectivity index (χ3v) is 4.68. The molecule has 116 valence electrons. The van der Waals surface area contributed by atoms with Crippen molar-refractivity contribution in [2.75, 3.05) is 0 Å². The van der Waals surface area contributed by atoms with Crippen molar-refractivity contribution in [2.45, 2.75) is 32.1 Å². The topological polar surface area (TPSA) is 0 Å². The van der Waals surface area contributed by atoms with E-state index >= 15 is 0 Å². The Morgan fingerprint density at radius 1 is 0.609 bits per heavy atom. The van der Waals surface area contributed by atoms with Crippen molar-refractivity contribution in [3.05, 3.63) is 107 Å². The molecule has 0 heteroatoms. The molecule has 0 spiro atoms. The summed E-state index contributed by atoms with van der Waals surface area (Å²) in [4.78, 5) is 0. The van der Waals surface area contributed by atoms with Crippen LogP contribution < -0.4 is 0 Å². The third kappa shape index (κ3) is 3.71. The average Bonchev–Trinajstić information content (AvgIpc) is 2.62. The molecule has 0 radical (unpaired) electrons. The van der Waals surface area contributed by atoms with Crippen LogP contribution in [0.5, 0.6) is 0 Å². The normalized spacial score (nSPS) is 13.5. The highest BCUT2D eigenvalue weighted by Gasteiger charge is 2.16. The molecule has 0 nitrogen and oxygen atoms in total. The molecular formula is C23H24. The first-order valence-corrected chi connectivity index (χ1v) is 8.43. The Hall–Kier alpha value is -2.34. The van der Waals surface area contributed by atoms with Crippen LogP contribution >= 0.6 is 0 Å². The van der Waals surface area contributed by atoms with Crippen LogP contribution in [0.15, 0.2) is 84.9 Å². The molecule has 0 heterocycles. The molecule has 0 aliphatic heterocycles. The van der Waals surface area contributed by atoms with Gasteiger partial charge < -0.3 is 0 Å².